The number of hydrogen-bond acceptors (Lipinski definition) is 4. The van der Waals surface area contributed by atoms with Gasteiger partial charge in [0.2, 0.25) is 0 Å². The van der Waals surface area contributed by atoms with Gasteiger partial charge in [-0.3, -0.25) is 10.1 Å². The van der Waals surface area contributed by atoms with Crippen LogP contribution in [0.5, 0.6) is 0 Å². The molecule has 5 nitrogen and oxygen atoms in total. The van der Waals surface area contributed by atoms with E-state index < -0.39 is 16.0 Å². The maximum absolute atomic E-state index is 10.8. The Hall–Kier alpha value is -0.713. The number of thiophene rings is 1. The number of non-ortho nitro benzene ring substituents is 1. The zero-order valence-corrected chi connectivity index (χ0v) is 9.88. The van der Waals surface area contributed by atoms with Crippen molar-refractivity contribution in [3.05, 3.63) is 34.4 Å². The third kappa shape index (κ3) is 2.51. The zero-order valence-electron chi connectivity index (χ0n) is 9.25. The van der Waals surface area contributed by atoms with Crippen molar-refractivity contribution in [2.45, 2.75) is 4.21 Å². The fourth-order valence-corrected chi connectivity index (χ4v) is 2.76. The number of nitro benzene ring substituents is 1. The summed E-state index contributed by atoms with van der Waals surface area (Å²) in [5.74, 6) is 0. The minimum Gasteiger partial charge on any atom is -1.00 e. The van der Waals surface area contributed by atoms with E-state index in [9.17, 15) is 14.3 Å². The molecule has 0 fully saturated rings. The van der Waals surface area contributed by atoms with Crippen molar-refractivity contribution >= 4 is 38.2 Å². The molecule has 0 spiro atoms. The van der Waals surface area contributed by atoms with Gasteiger partial charge in [-0.15, -0.1) is 11.3 Å². The summed E-state index contributed by atoms with van der Waals surface area (Å²) in [6, 6.07) is 5.84. The molecule has 0 aliphatic heterocycles. The molecule has 2 aromatic rings. The fraction of sp³-hybridized carbons (Fsp3) is 0. The first kappa shape index (κ1) is 13.4. The first-order valence-corrected chi connectivity index (χ1v) is 5.79. The van der Waals surface area contributed by atoms with E-state index in [0.29, 0.717) is 9.60 Å². The number of nitrogens with zero attached hydrogens (tertiary/aromatic N) is 1. The minimum absolute atomic E-state index is 0. The number of hydrogen-bond donors (Lipinski definition) is 1. The Morgan fingerprint density at radius 2 is 2.12 bits per heavy atom. The van der Waals surface area contributed by atoms with E-state index in [1.54, 1.807) is 6.07 Å². The normalized spacial score (nSPS) is 12.1. The summed E-state index contributed by atoms with van der Waals surface area (Å²) in [6.45, 7) is 0. The molecule has 80 valence electrons. The van der Waals surface area contributed by atoms with E-state index in [4.69, 9.17) is 4.55 Å². The van der Waals surface area contributed by atoms with E-state index in [0.717, 1.165) is 16.0 Å². The van der Waals surface area contributed by atoms with Crippen molar-refractivity contribution in [3.8, 4) is 0 Å². The van der Waals surface area contributed by atoms with Crippen molar-refractivity contribution < 1.29 is 34.0 Å². The second-order valence-corrected chi connectivity index (χ2v) is 5.07. The summed E-state index contributed by atoms with van der Waals surface area (Å²) in [5, 5.41) is 11.1. The average molecular weight is 251 g/mol. The average Bonchev–Trinajstić information content (AvgIpc) is 2.59. The summed E-state index contributed by atoms with van der Waals surface area (Å²) in [6.07, 6.45) is 0. The van der Waals surface area contributed by atoms with Gasteiger partial charge in [0.1, 0.15) is 4.21 Å². The van der Waals surface area contributed by atoms with Crippen LogP contribution in [0.25, 0.3) is 10.1 Å². The minimum atomic E-state index is -2.03. The van der Waals surface area contributed by atoms with Gasteiger partial charge >= 0.3 is 18.9 Å². The fourth-order valence-electron chi connectivity index (χ4n) is 1.21. The van der Waals surface area contributed by atoms with Crippen LogP contribution in [-0.2, 0) is 11.1 Å². The molecule has 16 heavy (non-hydrogen) atoms. The molecule has 0 saturated heterocycles. The van der Waals surface area contributed by atoms with Crippen molar-refractivity contribution in [1.29, 1.82) is 0 Å². The Morgan fingerprint density at radius 1 is 1.44 bits per heavy atom. The predicted octanol–water partition coefficient (Wildman–Crippen LogP) is -0.493. The van der Waals surface area contributed by atoms with E-state index >= 15 is 0 Å². The Labute approximate surface area is 111 Å². The summed E-state index contributed by atoms with van der Waals surface area (Å²) in [5.41, 5.74) is -0.0180. The maximum Gasteiger partial charge on any atom is 1.00 e. The van der Waals surface area contributed by atoms with Crippen LogP contribution < -0.4 is 18.9 Å². The molecule has 0 saturated carbocycles. The molecular weight excluding hydrogens is 245 g/mol. The van der Waals surface area contributed by atoms with Crippen LogP contribution in [0.1, 0.15) is 1.43 Å². The molecule has 8 heteroatoms. The van der Waals surface area contributed by atoms with Crippen LogP contribution in [0.3, 0.4) is 0 Å². The Bertz CT molecular complexity index is 562. The molecule has 0 amide bonds. The van der Waals surface area contributed by atoms with Gasteiger partial charge in [-0.05, 0) is 12.1 Å². The molecular formula is C8H6LiNO4S2. The summed E-state index contributed by atoms with van der Waals surface area (Å²) >= 11 is -0.877. The predicted molar refractivity (Wildman–Crippen MR) is 58.6 cm³/mol. The molecule has 1 aromatic heterocycles. The van der Waals surface area contributed by atoms with Gasteiger partial charge in [-0.25, -0.2) is 4.21 Å². The van der Waals surface area contributed by atoms with Crippen molar-refractivity contribution in [3.63, 3.8) is 0 Å². The number of nitro groups is 1. The number of fused-ring (bicyclic) bond motifs is 1. The first-order valence-electron chi connectivity index (χ1n) is 3.87. The molecule has 0 radical (unpaired) electrons. The molecule has 1 heterocycles. The number of benzene rings is 1. The van der Waals surface area contributed by atoms with Crippen LogP contribution in [0.15, 0.2) is 28.5 Å². The van der Waals surface area contributed by atoms with Gasteiger partial charge in [-0.2, -0.15) is 0 Å². The molecule has 2 rings (SSSR count). The molecule has 1 unspecified atom stereocenters. The van der Waals surface area contributed by atoms with Gasteiger partial charge in [-0.1, -0.05) is 0 Å². The van der Waals surface area contributed by atoms with Crippen LogP contribution in [0, 0.1) is 10.1 Å². The third-order valence-corrected chi connectivity index (χ3v) is 3.91. The van der Waals surface area contributed by atoms with Crippen molar-refractivity contribution in [2.75, 3.05) is 0 Å². The van der Waals surface area contributed by atoms with Gasteiger partial charge < -0.3 is 5.98 Å². The van der Waals surface area contributed by atoms with Crippen LogP contribution in [0.2, 0.25) is 0 Å². The Balaban J connectivity index is 0.00000128. The molecule has 1 atom stereocenters. The monoisotopic (exact) mass is 251 g/mol. The third-order valence-electron chi connectivity index (χ3n) is 1.86. The van der Waals surface area contributed by atoms with Crippen LogP contribution >= 0.6 is 11.3 Å². The summed E-state index contributed by atoms with van der Waals surface area (Å²) in [7, 11) is 0. The van der Waals surface area contributed by atoms with Crippen molar-refractivity contribution in [1.82, 2.24) is 0 Å². The molecule has 0 bridgehead atoms. The van der Waals surface area contributed by atoms with Gasteiger partial charge in [0.15, 0.2) is 11.1 Å². The summed E-state index contributed by atoms with van der Waals surface area (Å²) in [4.78, 5) is 9.99. The maximum atomic E-state index is 10.8. The first-order chi connectivity index (χ1) is 7.08. The van der Waals surface area contributed by atoms with Crippen LogP contribution in [0.4, 0.5) is 5.69 Å². The smallest absolute Gasteiger partial charge is 1.00 e. The Kier molecular flexibility index (Phi) is 4.24. The van der Waals surface area contributed by atoms with E-state index in [2.05, 4.69) is 0 Å². The zero-order chi connectivity index (χ0) is 11.0. The summed E-state index contributed by atoms with van der Waals surface area (Å²) < 4.78 is 20.7. The van der Waals surface area contributed by atoms with Crippen LogP contribution in [-0.4, -0.2) is 13.7 Å². The molecule has 0 aliphatic rings. The van der Waals surface area contributed by atoms with E-state index in [1.165, 1.54) is 18.2 Å². The largest absolute Gasteiger partial charge is 1.00 e. The van der Waals surface area contributed by atoms with E-state index in [1.807, 2.05) is 0 Å². The quantitative estimate of drug-likeness (QED) is 0.338. The molecule has 1 N–H and O–H groups in total. The van der Waals surface area contributed by atoms with Crippen molar-refractivity contribution in [2.24, 2.45) is 0 Å². The topological polar surface area (TPSA) is 80.4 Å². The standard InChI is InChI=1S/C8H5NO4S2.Li.H/c10-9(11)6-1-2-7-5(3-6)4-8(14-7)15(12)13;;/h1-4H,(H,12,13);;/q;+1;-1. The van der Waals surface area contributed by atoms with Gasteiger partial charge in [0, 0.05) is 22.2 Å². The Morgan fingerprint density at radius 3 is 2.69 bits per heavy atom. The van der Waals surface area contributed by atoms with Gasteiger partial charge in [0.05, 0.1) is 4.92 Å². The number of rotatable bonds is 2. The molecule has 1 aromatic carbocycles. The second kappa shape index (κ2) is 5.08. The SMILES string of the molecule is O=[N+]([O-])c1ccc2sc(S(=O)O)cc2c1.[H-].[Li+]. The second-order valence-electron chi connectivity index (χ2n) is 2.79. The van der Waals surface area contributed by atoms with Gasteiger partial charge in [0.25, 0.3) is 5.69 Å². The van der Waals surface area contributed by atoms with E-state index in [-0.39, 0.29) is 26.0 Å². The molecule has 0 aliphatic carbocycles.